The van der Waals surface area contributed by atoms with E-state index in [9.17, 15) is 13.2 Å². The van der Waals surface area contributed by atoms with E-state index in [1.165, 1.54) is 7.05 Å². The van der Waals surface area contributed by atoms with Crippen LogP contribution in [0.25, 0.3) is 0 Å². The topological polar surface area (TPSA) is 96.3 Å². The predicted molar refractivity (Wildman–Crippen MR) is 102 cm³/mol. The number of rotatable bonds is 5. The van der Waals surface area contributed by atoms with Crippen molar-refractivity contribution in [2.24, 2.45) is 7.05 Å². The van der Waals surface area contributed by atoms with E-state index in [1.807, 2.05) is 37.3 Å². The first kappa shape index (κ1) is 19.5. The molecule has 0 saturated carbocycles. The molecule has 0 radical (unpaired) electrons. The van der Waals surface area contributed by atoms with Gasteiger partial charge in [0.2, 0.25) is 5.91 Å². The van der Waals surface area contributed by atoms with Crippen molar-refractivity contribution in [3.63, 3.8) is 0 Å². The number of nitrogens with zero attached hydrogens (tertiary/aromatic N) is 3. The van der Waals surface area contributed by atoms with Crippen LogP contribution in [0, 0.1) is 6.92 Å². The molecular formula is C18H25N5O3S. The van der Waals surface area contributed by atoms with Gasteiger partial charge in [0, 0.05) is 31.9 Å². The highest BCUT2D eigenvalue weighted by molar-refractivity contribution is 7.87. The first-order valence-electron chi connectivity index (χ1n) is 8.85. The Bertz CT molecular complexity index is 910. The summed E-state index contributed by atoms with van der Waals surface area (Å²) in [7, 11) is -0.524. The Kier molecular flexibility index (Phi) is 5.64. The van der Waals surface area contributed by atoms with Crippen LogP contribution in [0.5, 0.6) is 0 Å². The summed E-state index contributed by atoms with van der Waals surface area (Å²) in [5.74, 6) is -0.287. The van der Waals surface area contributed by atoms with Crippen LogP contribution >= 0.6 is 0 Å². The van der Waals surface area contributed by atoms with Crippen LogP contribution in [0.1, 0.15) is 29.3 Å². The molecular weight excluding hydrogens is 366 g/mol. The standard InChI is InChI=1S/C18H25N5O3S/c1-13-15(12-20-22(13)2)16-11-17(23(3)27(25,26)21-16)18(24)19-10-9-14-7-5-4-6-8-14/h4-8,12,16-17,21H,9-11H2,1-3H3,(H,19,24). The van der Waals surface area contributed by atoms with Gasteiger partial charge in [-0.1, -0.05) is 30.3 Å². The monoisotopic (exact) mass is 391 g/mol. The minimum atomic E-state index is -3.75. The minimum Gasteiger partial charge on any atom is -0.354 e. The van der Waals surface area contributed by atoms with Crippen LogP contribution < -0.4 is 10.0 Å². The van der Waals surface area contributed by atoms with E-state index < -0.39 is 22.3 Å². The number of nitrogens with one attached hydrogen (secondary N) is 2. The van der Waals surface area contributed by atoms with Crippen molar-refractivity contribution in [1.82, 2.24) is 24.1 Å². The molecule has 1 amide bonds. The minimum absolute atomic E-state index is 0.287. The summed E-state index contributed by atoms with van der Waals surface area (Å²) in [4.78, 5) is 12.7. The average molecular weight is 391 g/mol. The fourth-order valence-electron chi connectivity index (χ4n) is 3.26. The van der Waals surface area contributed by atoms with Gasteiger partial charge in [-0.25, -0.2) is 0 Å². The van der Waals surface area contributed by atoms with Crippen molar-refractivity contribution in [3.8, 4) is 0 Å². The Balaban J connectivity index is 1.70. The number of likely N-dealkylation sites (N-methyl/N-ethyl adjacent to an activating group) is 1. The van der Waals surface area contributed by atoms with Gasteiger partial charge in [0.05, 0.1) is 12.2 Å². The molecule has 146 valence electrons. The molecule has 3 rings (SSSR count). The Morgan fingerprint density at radius 3 is 2.63 bits per heavy atom. The zero-order valence-electron chi connectivity index (χ0n) is 15.7. The molecule has 1 aromatic carbocycles. The number of carbonyl (C=O) groups is 1. The van der Waals surface area contributed by atoms with E-state index >= 15 is 0 Å². The van der Waals surface area contributed by atoms with Crippen molar-refractivity contribution in [2.45, 2.75) is 31.8 Å². The number of carbonyl (C=O) groups excluding carboxylic acids is 1. The molecule has 1 fully saturated rings. The Morgan fingerprint density at radius 1 is 1.30 bits per heavy atom. The van der Waals surface area contributed by atoms with E-state index in [2.05, 4.69) is 15.1 Å². The summed E-state index contributed by atoms with van der Waals surface area (Å²) in [5.41, 5.74) is 2.78. The molecule has 2 N–H and O–H groups in total. The summed E-state index contributed by atoms with van der Waals surface area (Å²) in [6.07, 6.45) is 2.69. The first-order valence-corrected chi connectivity index (χ1v) is 10.3. The van der Waals surface area contributed by atoms with Gasteiger partial charge in [-0.3, -0.25) is 9.48 Å². The summed E-state index contributed by atoms with van der Waals surface area (Å²) < 4.78 is 30.4. The highest BCUT2D eigenvalue weighted by Gasteiger charge is 2.41. The SMILES string of the molecule is Cc1c(C2CC(C(=O)NCCc3ccccc3)N(C)S(=O)(=O)N2)cnn1C. The number of benzene rings is 1. The van der Waals surface area contributed by atoms with E-state index in [0.717, 1.165) is 21.1 Å². The molecule has 27 heavy (non-hydrogen) atoms. The third-order valence-electron chi connectivity index (χ3n) is 5.08. The number of aryl methyl sites for hydroxylation is 1. The maximum Gasteiger partial charge on any atom is 0.280 e. The average Bonchev–Trinajstić information content (AvgIpc) is 2.97. The van der Waals surface area contributed by atoms with Gasteiger partial charge in [-0.15, -0.1) is 0 Å². The Hall–Kier alpha value is -2.23. The van der Waals surface area contributed by atoms with Gasteiger partial charge in [-0.2, -0.15) is 22.5 Å². The predicted octanol–water partition coefficient (Wildman–Crippen LogP) is 0.667. The van der Waals surface area contributed by atoms with Crippen LogP contribution in [0.15, 0.2) is 36.5 Å². The molecule has 1 saturated heterocycles. The van der Waals surface area contributed by atoms with Crippen molar-refractivity contribution >= 4 is 16.1 Å². The van der Waals surface area contributed by atoms with Crippen molar-refractivity contribution in [2.75, 3.05) is 13.6 Å². The van der Waals surface area contributed by atoms with Gasteiger partial charge in [0.15, 0.2) is 0 Å². The van der Waals surface area contributed by atoms with Crippen molar-refractivity contribution < 1.29 is 13.2 Å². The normalized spacial score (nSPS) is 22.5. The molecule has 2 unspecified atom stereocenters. The van der Waals surface area contributed by atoms with Crippen LogP contribution in [0.2, 0.25) is 0 Å². The lowest BCUT2D eigenvalue weighted by Crippen LogP contribution is -2.57. The molecule has 1 aliphatic heterocycles. The highest BCUT2D eigenvalue weighted by Crippen LogP contribution is 2.29. The zero-order chi connectivity index (χ0) is 19.6. The van der Waals surface area contributed by atoms with E-state index in [4.69, 9.17) is 0 Å². The van der Waals surface area contributed by atoms with Crippen molar-refractivity contribution in [1.29, 1.82) is 0 Å². The molecule has 2 atom stereocenters. The fourth-order valence-corrected chi connectivity index (χ4v) is 4.53. The molecule has 8 nitrogen and oxygen atoms in total. The lowest BCUT2D eigenvalue weighted by atomic mass is 10.00. The first-order chi connectivity index (χ1) is 12.8. The van der Waals surface area contributed by atoms with Crippen LogP contribution in [-0.2, 0) is 28.5 Å². The molecule has 2 heterocycles. The van der Waals surface area contributed by atoms with Crippen LogP contribution in [0.4, 0.5) is 0 Å². The second kappa shape index (κ2) is 7.79. The fraction of sp³-hybridized carbons (Fsp3) is 0.444. The van der Waals surface area contributed by atoms with Crippen molar-refractivity contribution in [3.05, 3.63) is 53.3 Å². The molecule has 0 spiro atoms. The Labute approximate surface area is 159 Å². The zero-order valence-corrected chi connectivity index (χ0v) is 16.5. The molecule has 2 aromatic rings. The summed E-state index contributed by atoms with van der Waals surface area (Å²) in [6, 6.07) is 8.58. The third kappa shape index (κ3) is 4.20. The molecule has 1 aromatic heterocycles. The quantitative estimate of drug-likeness (QED) is 0.783. The lowest BCUT2D eigenvalue weighted by Gasteiger charge is -2.36. The summed E-state index contributed by atoms with van der Waals surface area (Å²) >= 11 is 0. The van der Waals surface area contributed by atoms with E-state index in [1.54, 1.807) is 17.9 Å². The highest BCUT2D eigenvalue weighted by atomic mass is 32.2. The van der Waals surface area contributed by atoms with Crippen LogP contribution in [0.3, 0.4) is 0 Å². The molecule has 0 aliphatic carbocycles. The number of aromatic nitrogens is 2. The van der Waals surface area contributed by atoms with E-state index in [0.29, 0.717) is 19.4 Å². The third-order valence-corrected chi connectivity index (χ3v) is 6.67. The number of hydrogen-bond acceptors (Lipinski definition) is 4. The second-order valence-corrected chi connectivity index (χ2v) is 8.54. The Morgan fingerprint density at radius 2 is 2.00 bits per heavy atom. The molecule has 0 bridgehead atoms. The number of amides is 1. The van der Waals surface area contributed by atoms with E-state index in [-0.39, 0.29) is 5.91 Å². The largest absolute Gasteiger partial charge is 0.354 e. The maximum absolute atomic E-state index is 12.7. The summed E-state index contributed by atoms with van der Waals surface area (Å²) in [5, 5.41) is 7.05. The van der Waals surface area contributed by atoms with Crippen LogP contribution in [-0.4, -0.2) is 48.0 Å². The number of hydrogen-bond donors (Lipinski definition) is 2. The van der Waals surface area contributed by atoms with Gasteiger partial charge >= 0.3 is 0 Å². The van der Waals surface area contributed by atoms with Gasteiger partial charge in [0.25, 0.3) is 10.2 Å². The molecule has 1 aliphatic rings. The maximum atomic E-state index is 12.7. The molecule has 9 heteroatoms. The van der Waals surface area contributed by atoms with Gasteiger partial charge in [0.1, 0.15) is 6.04 Å². The lowest BCUT2D eigenvalue weighted by molar-refractivity contribution is -0.125. The second-order valence-electron chi connectivity index (χ2n) is 6.78. The van der Waals surface area contributed by atoms with Gasteiger partial charge in [-0.05, 0) is 25.3 Å². The summed E-state index contributed by atoms with van der Waals surface area (Å²) in [6.45, 7) is 2.33. The smallest absolute Gasteiger partial charge is 0.280 e. The van der Waals surface area contributed by atoms with Gasteiger partial charge < -0.3 is 5.32 Å².